The number of aryl methyl sites for hydroxylation is 1. The van der Waals surface area contributed by atoms with Gasteiger partial charge in [0, 0.05) is 24.8 Å². The summed E-state index contributed by atoms with van der Waals surface area (Å²) >= 11 is 0. The summed E-state index contributed by atoms with van der Waals surface area (Å²) in [7, 11) is 0. The molecule has 2 fully saturated rings. The number of amides is 1. The van der Waals surface area contributed by atoms with Crippen LogP contribution in [0.3, 0.4) is 0 Å². The number of hydrogen-bond acceptors (Lipinski definition) is 5. The van der Waals surface area contributed by atoms with Crippen LogP contribution in [0, 0.1) is 18.7 Å². The summed E-state index contributed by atoms with van der Waals surface area (Å²) in [6, 6.07) is 6.06. The number of nitrogens with zero attached hydrogens (tertiary/aromatic N) is 5. The maximum absolute atomic E-state index is 13.3. The lowest BCUT2D eigenvalue weighted by Gasteiger charge is -2.41. The molecule has 31 heavy (non-hydrogen) atoms. The molecule has 1 amide bonds. The topological polar surface area (TPSA) is 77.0 Å². The lowest BCUT2D eigenvalue weighted by molar-refractivity contribution is -0.134. The molecular formula is C23H26FN5O2. The largest absolute Gasteiger partial charge is 0.340 e. The van der Waals surface area contributed by atoms with Gasteiger partial charge in [0.1, 0.15) is 12.4 Å². The van der Waals surface area contributed by atoms with E-state index in [0.29, 0.717) is 29.7 Å². The normalized spacial score (nSPS) is 21.4. The molecule has 0 radical (unpaired) electrons. The second-order valence-electron chi connectivity index (χ2n) is 8.99. The number of aromatic nitrogens is 4. The Bertz CT molecular complexity index is 1070. The van der Waals surface area contributed by atoms with E-state index in [0.717, 1.165) is 31.4 Å². The molecular weight excluding hydrogens is 397 g/mol. The first-order valence-electron chi connectivity index (χ1n) is 10.9. The molecule has 0 bridgehead atoms. The molecule has 1 unspecified atom stereocenters. The average molecular weight is 423 g/mol. The van der Waals surface area contributed by atoms with Gasteiger partial charge in [-0.25, -0.2) is 4.39 Å². The Labute approximate surface area is 180 Å². The van der Waals surface area contributed by atoms with Crippen molar-refractivity contribution in [2.24, 2.45) is 5.92 Å². The van der Waals surface area contributed by atoms with Crippen molar-refractivity contribution in [1.82, 2.24) is 24.8 Å². The molecule has 5 rings (SSSR count). The lowest BCUT2D eigenvalue weighted by Crippen LogP contribution is -2.50. The van der Waals surface area contributed by atoms with Gasteiger partial charge in [0.25, 0.3) is 5.89 Å². The van der Waals surface area contributed by atoms with Crippen LogP contribution in [0.2, 0.25) is 0 Å². The fraction of sp³-hybridized carbons (Fsp3) is 0.478. The first-order chi connectivity index (χ1) is 15.0. The summed E-state index contributed by atoms with van der Waals surface area (Å²) < 4.78 is 20.5. The Hall–Kier alpha value is -3.03. The third kappa shape index (κ3) is 4.24. The van der Waals surface area contributed by atoms with E-state index in [1.165, 1.54) is 25.0 Å². The van der Waals surface area contributed by atoms with Gasteiger partial charge >= 0.3 is 0 Å². The predicted octanol–water partition coefficient (Wildman–Crippen LogP) is 3.74. The van der Waals surface area contributed by atoms with Crippen LogP contribution in [-0.4, -0.2) is 43.8 Å². The van der Waals surface area contributed by atoms with Gasteiger partial charge in [-0.2, -0.15) is 10.1 Å². The predicted molar refractivity (Wildman–Crippen MR) is 111 cm³/mol. The van der Waals surface area contributed by atoms with E-state index in [-0.39, 0.29) is 23.7 Å². The maximum atomic E-state index is 13.3. The minimum absolute atomic E-state index is 0.0604. The van der Waals surface area contributed by atoms with Crippen molar-refractivity contribution in [2.75, 3.05) is 13.1 Å². The fourth-order valence-corrected chi connectivity index (χ4v) is 4.60. The second-order valence-corrected chi connectivity index (χ2v) is 8.99. The van der Waals surface area contributed by atoms with E-state index < -0.39 is 0 Å². The molecule has 1 aliphatic heterocycles. The quantitative estimate of drug-likeness (QED) is 0.604. The zero-order valence-corrected chi connectivity index (χ0v) is 17.6. The van der Waals surface area contributed by atoms with Gasteiger partial charge in [-0.1, -0.05) is 18.0 Å². The molecule has 1 atom stereocenters. The van der Waals surface area contributed by atoms with Gasteiger partial charge in [0.15, 0.2) is 5.82 Å². The monoisotopic (exact) mass is 423 g/mol. The highest BCUT2D eigenvalue weighted by Crippen LogP contribution is 2.46. The number of likely N-dealkylation sites (tertiary alicyclic amines) is 1. The summed E-state index contributed by atoms with van der Waals surface area (Å²) in [4.78, 5) is 19.7. The Morgan fingerprint density at radius 3 is 2.81 bits per heavy atom. The number of halogens is 1. The van der Waals surface area contributed by atoms with Crippen LogP contribution in [0.1, 0.15) is 43.5 Å². The highest BCUT2D eigenvalue weighted by atomic mass is 19.1. The standard InChI is InChI=1S/C23H26FN5O2/c1-16-12-25-29(13-16)14-20(30)28-10-2-9-23(15-28,11-17-3-4-17)22-26-21(31-27-22)18-5-7-19(24)8-6-18/h5-8,12-13,17H,2-4,9-11,14-15H2,1H3. The SMILES string of the molecule is Cc1cnn(CC(=O)N2CCCC(CC3CC3)(c3noc(-c4ccc(F)cc4)n3)C2)c1. The molecule has 0 N–H and O–H groups in total. The maximum Gasteiger partial charge on any atom is 0.257 e. The number of benzene rings is 1. The molecule has 3 heterocycles. The molecule has 2 aromatic heterocycles. The third-order valence-corrected chi connectivity index (χ3v) is 6.36. The van der Waals surface area contributed by atoms with E-state index >= 15 is 0 Å². The van der Waals surface area contributed by atoms with Crippen LogP contribution >= 0.6 is 0 Å². The minimum Gasteiger partial charge on any atom is -0.340 e. The molecule has 2 aliphatic rings. The number of rotatable bonds is 6. The highest BCUT2D eigenvalue weighted by molar-refractivity contribution is 5.76. The zero-order valence-electron chi connectivity index (χ0n) is 17.6. The second kappa shape index (κ2) is 7.90. The summed E-state index contributed by atoms with van der Waals surface area (Å²) in [5, 5.41) is 8.59. The molecule has 1 aliphatic carbocycles. The first kappa shape index (κ1) is 19.9. The Balaban J connectivity index is 1.39. The van der Waals surface area contributed by atoms with Crippen LogP contribution < -0.4 is 0 Å². The van der Waals surface area contributed by atoms with Crippen LogP contribution in [-0.2, 0) is 16.8 Å². The van der Waals surface area contributed by atoms with Crippen molar-refractivity contribution >= 4 is 5.91 Å². The van der Waals surface area contributed by atoms with Crippen LogP contribution in [0.15, 0.2) is 41.2 Å². The number of carbonyl (C=O) groups excluding carboxylic acids is 1. The lowest BCUT2D eigenvalue weighted by atomic mass is 9.75. The first-order valence-corrected chi connectivity index (χ1v) is 10.9. The van der Waals surface area contributed by atoms with E-state index in [1.54, 1.807) is 23.0 Å². The third-order valence-electron chi connectivity index (χ3n) is 6.36. The van der Waals surface area contributed by atoms with Crippen molar-refractivity contribution in [2.45, 2.75) is 51.0 Å². The number of piperidine rings is 1. The average Bonchev–Trinajstić information content (AvgIpc) is 3.25. The summed E-state index contributed by atoms with van der Waals surface area (Å²) in [6.07, 6.45) is 8.86. The van der Waals surface area contributed by atoms with E-state index in [4.69, 9.17) is 9.51 Å². The van der Waals surface area contributed by atoms with Crippen molar-refractivity contribution in [1.29, 1.82) is 0 Å². The van der Waals surface area contributed by atoms with Gasteiger partial charge < -0.3 is 9.42 Å². The summed E-state index contributed by atoms with van der Waals surface area (Å²) in [6.45, 7) is 3.52. The zero-order chi connectivity index (χ0) is 21.4. The molecule has 162 valence electrons. The van der Waals surface area contributed by atoms with Gasteiger partial charge in [0.2, 0.25) is 5.91 Å². The van der Waals surface area contributed by atoms with E-state index in [2.05, 4.69) is 10.3 Å². The van der Waals surface area contributed by atoms with Crippen molar-refractivity contribution in [3.63, 3.8) is 0 Å². The van der Waals surface area contributed by atoms with Crippen molar-refractivity contribution in [3.05, 3.63) is 53.9 Å². The van der Waals surface area contributed by atoms with Gasteiger partial charge in [-0.05, 0) is 61.9 Å². The Kier molecular flexibility index (Phi) is 5.08. The van der Waals surface area contributed by atoms with Crippen LogP contribution in [0.4, 0.5) is 4.39 Å². The summed E-state index contributed by atoms with van der Waals surface area (Å²) in [5.41, 5.74) is 1.42. The molecule has 1 aromatic carbocycles. The van der Waals surface area contributed by atoms with Crippen molar-refractivity contribution < 1.29 is 13.7 Å². The smallest absolute Gasteiger partial charge is 0.257 e. The molecule has 7 nitrogen and oxygen atoms in total. The Morgan fingerprint density at radius 1 is 1.29 bits per heavy atom. The molecule has 3 aromatic rings. The Morgan fingerprint density at radius 2 is 2.10 bits per heavy atom. The van der Waals surface area contributed by atoms with Gasteiger partial charge in [-0.3, -0.25) is 9.48 Å². The van der Waals surface area contributed by atoms with Crippen LogP contribution in [0.5, 0.6) is 0 Å². The van der Waals surface area contributed by atoms with E-state index in [9.17, 15) is 9.18 Å². The van der Waals surface area contributed by atoms with Gasteiger partial charge in [0.05, 0.1) is 11.6 Å². The molecule has 8 heteroatoms. The minimum atomic E-state index is -0.309. The molecule has 1 saturated carbocycles. The molecule has 1 saturated heterocycles. The molecule has 0 spiro atoms. The number of carbonyl (C=O) groups is 1. The highest BCUT2D eigenvalue weighted by Gasteiger charge is 2.45. The van der Waals surface area contributed by atoms with E-state index in [1.807, 2.05) is 18.0 Å². The fourth-order valence-electron chi connectivity index (χ4n) is 4.60. The summed E-state index contributed by atoms with van der Waals surface area (Å²) in [5.74, 6) is 1.45. The van der Waals surface area contributed by atoms with Crippen LogP contribution in [0.25, 0.3) is 11.5 Å². The van der Waals surface area contributed by atoms with Gasteiger partial charge in [-0.15, -0.1) is 0 Å². The number of hydrogen-bond donors (Lipinski definition) is 0. The van der Waals surface area contributed by atoms with Crippen molar-refractivity contribution in [3.8, 4) is 11.5 Å².